The maximum atomic E-state index is 8.92. The zero-order valence-corrected chi connectivity index (χ0v) is 21.2. The highest BCUT2D eigenvalue weighted by atomic mass is 32.2. The van der Waals surface area contributed by atoms with Crippen LogP contribution in [-0.2, 0) is 22.6 Å². The van der Waals surface area contributed by atoms with Crippen LogP contribution in [0.4, 0.5) is 5.69 Å². The van der Waals surface area contributed by atoms with Gasteiger partial charge < -0.3 is 19.1 Å². The van der Waals surface area contributed by atoms with Crippen molar-refractivity contribution < 1.29 is 14.2 Å². The Morgan fingerprint density at radius 2 is 1.91 bits per heavy atom. The minimum absolute atomic E-state index is 0.0472. The van der Waals surface area contributed by atoms with E-state index in [-0.39, 0.29) is 6.10 Å². The Hall–Kier alpha value is -2.89. The highest BCUT2D eigenvalue weighted by Crippen LogP contribution is 2.20. The molecule has 0 spiro atoms. The van der Waals surface area contributed by atoms with Gasteiger partial charge in [0.15, 0.2) is 5.16 Å². The van der Waals surface area contributed by atoms with Crippen LogP contribution in [0.25, 0.3) is 0 Å². The summed E-state index contributed by atoms with van der Waals surface area (Å²) in [6.45, 7) is 5.17. The summed E-state index contributed by atoms with van der Waals surface area (Å²) in [5.74, 6) is 0.532. The molecule has 1 aromatic heterocycles. The van der Waals surface area contributed by atoms with Crippen LogP contribution in [0.1, 0.15) is 24.1 Å². The molecule has 0 radical (unpaired) electrons. The van der Waals surface area contributed by atoms with E-state index in [2.05, 4.69) is 56.2 Å². The van der Waals surface area contributed by atoms with Gasteiger partial charge in [-0.2, -0.15) is 15.5 Å². The van der Waals surface area contributed by atoms with Crippen LogP contribution in [-0.4, -0.2) is 73.7 Å². The van der Waals surface area contributed by atoms with E-state index in [0.29, 0.717) is 56.8 Å². The fourth-order valence-corrected chi connectivity index (χ4v) is 4.24. The van der Waals surface area contributed by atoms with Crippen molar-refractivity contribution in [3.05, 3.63) is 41.6 Å². The van der Waals surface area contributed by atoms with Crippen molar-refractivity contribution >= 4 is 17.4 Å². The average Bonchev–Trinajstić information content (AvgIpc) is 2.88. The molecule has 9 nitrogen and oxygen atoms in total. The number of anilines is 1. The third-order valence-electron chi connectivity index (χ3n) is 5.54. The number of benzene rings is 1. The van der Waals surface area contributed by atoms with Gasteiger partial charge in [-0.25, -0.2) is 4.98 Å². The molecule has 1 fully saturated rings. The summed E-state index contributed by atoms with van der Waals surface area (Å²) in [5.41, 5.74) is 3.03. The van der Waals surface area contributed by atoms with E-state index in [1.807, 2.05) is 12.3 Å². The predicted molar refractivity (Wildman–Crippen MR) is 134 cm³/mol. The third kappa shape index (κ3) is 8.68. The number of morpholine rings is 1. The van der Waals surface area contributed by atoms with Crippen molar-refractivity contribution in [1.82, 2.24) is 14.9 Å². The highest BCUT2D eigenvalue weighted by molar-refractivity contribution is 7.98. The second kappa shape index (κ2) is 14.5. The monoisotopic (exact) mass is 496 g/mol. The highest BCUT2D eigenvalue weighted by Gasteiger charge is 2.22. The molecule has 1 aromatic carbocycles. The van der Waals surface area contributed by atoms with Gasteiger partial charge in [-0.15, -0.1) is 0 Å². The zero-order chi connectivity index (χ0) is 24.9. The van der Waals surface area contributed by atoms with Gasteiger partial charge in [0.1, 0.15) is 12.7 Å². The number of hydrogen-bond donors (Lipinski definition) is 0. The molecule has 0 N–H and O–H groups in total. The Morgan fingerprint density at radius 1 is 1.17 bits per heavy atom. The smallest absolute Gasteiger partial charge is 0.217 e. The summed E-state index contributed by atoms with van der Waals surface area (Å²) in [6, 6.07) is 14.5. The van der Waals surface area contributed by atoms with Gasteiger partial charge >= 0.3 is 0 Å². The number of hydrogen-bond acceptors (Lipinski definition) is 10. The second-order valence-electron chi connectivity index (χ2n) is 8.13. The molecule has 10 heteroatoms. The Balaban J connectivity index is 1.53. The molecule has 1 atom stereocenters. The lowest BCUT2D eigenvalue weighted by Crippen LogP contribution is -2.44. The quantitative estimate of drug-likeness (QED) is 0.303. The molecule has 186 valence electrons. The lowest BCUT2D eigenvalue weighted by Gasteiger charge is -2.32. The van der Waals surface area contributed by atoms with Gasteiger partial charge in [-0.05, 0) is 24.0 Å². The molecule has 2 aromatic rings. The van der Waals surface area contributed by atoms with Gasteiger partial charge in [-0.3, -0.25) is 4.90 Å². The van der Waals surface area contributed by atoms with Crippen LogP contribution in [0.2, 0.25) is 0 Å². The molecule has 35 heavy (non-hydrogen) atoms. The van der Waals surface area contributed by atoms with Crippen LogP contribution in [0.15, 0.2) is 35.5 Å². The fraction of sp³-hybridized carbons (Fsp3) is 0.520. The molecule has 0 amide bonds. The number of ether oxygens (including phenoxy) is 3. The summed E-state index contributed by atoms with van der Waals surface area (Å²) >= 11 is 1.47. The van der Waals surface area contributed by atoms with Crippen LogP contribution in [0.5, 0.6) is 5.88 Å². The van der Waals surface area contributed by atoms with Crippen molar-refractivity contribution in [3.8, 4) is 18.0 Å². The molecule has 3 rings (SSSR count). The Kier molecular flexibility index (Phi) is 11.1. The zero-order valence-electron chi connectivity index (χ0n) is 20.4. The van der Waals surface area contributed by atoms with Crippen molar-refractivity contribution in [2.75, 3.05) is 57.7 Å². The summed E-state index contributed by atoms with van der Waals surface area (Å²) in [6.07, 6.45) is 2.76. The maximum Gasteiger partial charge on any atom is 0.217 e. The lowest BCUT2D eigenvalue weighted by atomic mass is 10.1. The molecule has 0 aliphatic carbocycles. The number of nitriles is 2. The van der Waals surface area contributed by atoms with E-state index in [4.69, 9.17) is 24.7 Å². The van der Waals surface area contributed by atoms with Crippen LogP contribution in [0, 0.1) is 22.7 Å². The first kappa shape index (κ1) is 26.7. The average molecular weight is 497 g/mol. The van der Waals surface area contributed by atoms with Gasteiger partial charge in [0.05, 0.1) is 43.9 Å². The maximum absolute atomic E-state index is 8.92. The topological polar surface area (TPSA) is 108 Å². The minimum Gasteiger partial charge on any atom is -0.475 e. The third-order valence-corrected chi connectivity index (χ3v) is 6.09. The van der Waals surface area contributed by atoms with Gasteiger partial charge in [0.25, 0.3) is 0 Å². The number of thioether (sulfide) groups is 1. The Bertz CT molecular complexity index is 990. The molecule has 1 aliphatic rings. The SMILES string of the molecule is COCc1cc(OCC2CN(Cc3ccc(N(CCC#N)CCC#N)cc3)CCO2)nc(SC)n1. The standard InChI is InChI=1S/C25H32N6O3S/c1-32-18-21-15-24(29-25(28-21)35-2)34-19-23-17-30(13-14-33-23)16-20-5-7-22(8-6-20)31(11-3-9-26)12-4-10-27/h5-8,15,23H,3-4,11-14,16-19H2,1-2H3. The van der Waals surface area contributed by atoms with Crippen LogP contribution >= 0.6 is 11.8 Å². The van der Waals surface area contributed by atoms with Crippen LogP contribution < -0.4 is 9.64 Å². The number of rotatable bonds is 13. The normalized spacial score (nSPS) is 15.8. The van der Waals surface area contributed by atoms with Crippen molar-refractivity contribution in [1.29, 1.82) is 10.5 Å². The Labute approximate surface area is 211 Å². The molecule has 0 saturated carbocycles. The van der Waals surface area contributed by atoms with E-state index >= 15 is 0 Å². The van der Waals surface area contributed by atoms with E-state index < -0.39 is 0 Å². The molecule has 1 aliphatic heterocycles. The largest absolute Gasteiger partial charge is 0.475 e. The van der Waals surface area contributed by atoms with Crippen molar-refractivity contribution in [2.45, 2.75) is 37.3 Å². The number of methoxy groups -OCH3 is 1. The summed E-state index contributed by atoms with van der Waals surface area (Å²) < 4.78 is 17.1. The Morgan fingerprint density at radius 3 is 2.57 bits per heavy atom. The first-order valence-corrected chi connectivity index (χ1v) is 12.8. The first-order valence-electron chi connectivity index (χ1n) is 11.6. The molecule has 2 heterocycles. The molecule has 0 bridgehead atoms. The van der Waals surface area contributed by atoms with E-state index in [0.717, 1.165) is 31.0 Å². The van der Waals surface area contributed by atoms with Gasteiger partial charge in [-0.1, -0.05) is 23.9 Å². The fourth-order valence-electron chi connectivity index (χ4n) is 3.85. The van der Waals surface area contributed by atoms with Crippen molar-refractivity contribution in [3.63, 3.8) is 0 Å². The molecule has 1 saturated heterocycles. The first-order chi connectivity index (χ1) is 17.1. The summed E-state index contributed by atoms with van der Waals surface area (Å²) in [5, 5.41) is 18.5. The molecule has 1 unspecified atom stereocenters. The number of nitrogens with zero attached hydrogens (tertiary/aromatic N) is 6. The van der Waals surface area contributed by atoms with E-state index in [1.165, 1.54) is 17.3 Å². The van der Waals surface area contributed by atoms with Gasteiger partial charge in [0.2, 0.25) is 5.88 Å². The summed E-state index contributed by atoms with van der Waals surface area (Å²) in [7, 11) is 1.64. The van der Waals surface area contributed by atoms with Gasteiger partial charge in [0, 0.05) is 51.6 Å². The van der Waals surface area contributed by atoms with E-state index in [1.54, 1.807) is 7.11 Å². The molecular formula is C25H32N6O3S. The summed E-state index contributed by atoms with van der Waals surface area (Å²) in [4.78, 5) is 13.3. The van der Waals surface area contributed by atoms with Crippen molar-refractivity contribution in [2.24, 2.45) is 0 Å². The lowest BCUT2D eigenvalue weighted by molar-refractivity contribution is -0.0511. The minimum atomic E-state index is -0.0472. The number of aromatic nitrogens is 2. The second-order valence-corrected chi connectivity index (χ2v) is 8.90. The molecular weight excluding hydrogens is 464 g/mol. The van der Waals surface area contributed by atoms with Crippen LogP contribution in [0.3, 0.4) is 0 Å². The predicted octanol–water partition coefficient (Wildman–Crippen LogP) is 3.26. The van der Waals surface area contributed by atoms with E-state index in [9.17, 15) is 0 Å².